The first-order valence-electron chi connectivity index (χ1n) is 8.13. The van der Waals surface area contributed by atoms with Crippen LogP contribution >= 0.6 is 0 Å². The van der Waals surface area contributed by atoms with E-state index in [1.165, 1.54) is 0 Å². The Bertz CT molecular complexity index is 1190. The highest BCUT2D eigenvalue weighted by Gasteiger charge is 2.12. The van der Waals surface area contributed by atoms with Gasteiger partial charge in [-0.25, -0.2) is 9.50 Å². The van der Waals surface area contributed by atoms with Crippen LogP contribution in [0.4, 0.5) is 0 Å². The van der Waals surface area contributed by atoms with Crippen molar-refractivity contribution in [2.24, 2.45) is 0 Å². The van der Waals surface area contributed by atoms with Crippen LogP contribution in [-0.2, 0) is 0 Å². The zero-order valence-electron chi connectivity index (χ0n) is 13.4. The van der Waals surface area contributed by atoms with Gasteiger partial charge in [-0.15, -0.1) is 0 Å². The molecular formula is C21H14N4. The predicted octanol–water partition coefficient (Wildman–Crippen LogP) is 4.61. The summed E-state index contributed by atoms with van der Waals surface area (Å²) < 4.78 is 1.88. The molecule has 0 saturated heterocycles. The molecule has 0 radical (unpaired) electrons. The van der Waals surface area contributed by atoms with Crippen LogP contribution in [0.25, 0.3) is 38.9 Å². The number of aromatic nitrogens is 4. The molecule has 3 aromatic heterocycles. The van der Waals surface area contributed by atoms with Gasteiger partial charge in [-0.05, 0) is 23.8 Å². The highest BCUT2D eigenvalue weighted by atomic mass is 15.3. The molecule has 25 heavy (non-hydrogen) atoms. The van der Waals surface area contributed by atoms with E-state index in [-0.39, 0.29) is 0 Å². The number of hydrogen-bond donors (Lipinski definition) is 0. The average Bonchev–Trinajstić information content (AvgIpc) is 3.12. The maximum Gasteiger partial charge on any atom is 0.163 e. The first-order valence-corrected chi connectivity index (χ1v) is 8.13. The molecule has 0 aliphatic carbocycles. The maximum absolute atomic E-state index is 4.58. The lowest BCUT2D eigenvalue weighted by Crippen LogP contribution is -1.96. The van der Waals surface area contributed by atoms with Gasteiger partial charge in [0.15, 0.2) is 5.65 Å². The highest BCUT2D eigenvalue weighted by Crippen LogP contribution is 2.27. The number of hydrogen-bond acceptors (Lipinski definition) is 3. The van der Waals surface area contributed by atoms with Crippen LogP contribution in [0, 0.1) is 0 Å². The molecule has 0 saturated carbocycles. The maximum atomic E-state index is 4.58. The van der Waals surface area contributed by atoms with Crippen LogP contribution in [0.15, 0.2) is 85.3 Å². The third kappa shape index (κ3) is 2.27. The van der Waals surface area contributed by atoms with Gasteiger partial charge in [-0.1, -0.05) is 48.5 Å². The molecule has 4 heteroatoms. The molecule has 0 fully saturated rings. The van der Waals surface area contributed by atoms with Gasteiger partial charge in [0.25, 0.3) is 0 Å². The van der Waals surface area contributed by atoms with Crippen molar-refractivity contribution in [2.75, 3.05) is 0 Å². The zero-order valence-corrected chi connectivity index (χ0v) is 13.4. The lowest BCUT2D eigenvalue weighted by atomic mass is 10.1. The van der Waals surface area contributed by atoms with E-state index < -0.39 is 0 Å². The van der Waals surface area contributed by atoms with E-state index in [4.69, 9.17) is 0 Å². The fourth-order valence-electron chi connectivity index (χ4n) is 3.14. The van der Waals surface area contributed by atoms with Crippen molar-refractivity contribution in [1.29, 1.82) is 0 Å². The van der Waals surface area contributed by atoms with Crippen LogP contribution in [0.1, 0.15) is 0 Å². The van der Waals surface area contributed by atoms with Gasteiger partial charge in [-0.3, -0.25) is 4.98 Å². The van der Waals surface area contributed by atoms with Crippen molar-refractivity contribution in [3.8, 4) is 22.4 Å². The molecule has 0 amide bonds. The highest BCUT2D eigenvalue weighted by molar-refractivity contribution is 5.84. The summed E-state index contributed by atoms with van der Waals surface area (Å²) in [6.45, 7) is 0. The Hall–Kier alpha value is -3.53. The molecule has 0 bridgehead atoms. The number of nitrogens with zero attached hydrogens (tertiary/aromatic N) is 4. The Morgan fingerprint density at radius 3 is 2.48 bits per heavy atom. The molecule has 4 nitrogen and oxygen atoms in total. The van der Waals surface area contributed by atoms with Gasteiger partial charge in [0.05, 0.1) is 17.4 Å². The Morgan fingerprint density at radius 1 is 0.720 bits per heavy atom. The van der Waals surface area contributed by atoms with E-state index in [0.29, 0.717) is 0 Å². The standard InChI is InChI=1S/C21H14N4/c1-2-6-15(7-3-1)18-14-24-25-20(10-11-22-21(18)25)17-12-16-8-4-5-9-19(16)23-13-17/h1-14H. The van der Waals surface area contributed by atoms with Crippen LogP contribution in [0.2, 0.25) is 0 Å². The third-order valence-corrected chi connectivity index (χ3v) is 4.37. The molecule has 2 aromatic carbocycles. The number of fused-ring (bicyclic) bond motifs is 2. The molecule has 0 aliphatic heterocycles. The normalized spacial score (nSPS) is 11.2. The van der Waals surface area contributed by atoms with E-state index in [1.807, 2.05) is 65.6 Å². The number of para-hydroxylation sites is 1. The van der Waals surface area contributed by atoms with E-state index >= 15 is 0 Å². The minimum Gasteiger partial charge on any atom is -0.256 e. The zero-order chi connectivity index (χ0) is 16.6. The van der Waals surface area contributed by atoms with Crippen molar-refractivity contribution in [2.45, 2.75) is 0 Å². The predicted molar refractivity (Wildman–Crippen MR) is 99.2 cm³/mol. The first kappa shape index (κ1) is 13.9. The summed E-state index contributed by atoms with van der Waals surface area (Å²) in [4.78, 5) is 9.11. The SMILES string of the molecule is c1ccc(-c2cnn3c(-c4cnc5ccccc5c4)ccnc23)cc1. The molecule has 5 rings (SSSR count). The van der Waals surface area contributed by atoms with Gasteiger partial charge >= 0.3 is 0 Å². The summed E-state index contributed by atoms with van der Waals surface area (Å²) in [6, 6.07) is 22.4. The van der Waals surface area contributed by atoms with Gasteiger partial charge in [-0.2, -0.15) is 5.10 Å². The largest absolute Gasteiger partial charge is 0.256 e. The number of pyridine rings is 1. The summed E-state index contributed by atoms with van der Waals surface area (Å²) in [6.07, 6.45) is 5.59. The van der Waals surface area contributed by atoms with Crippen LogP contribution < -0.4 is 0 Å². The molecule has 0 spiro atoms. The van der Waals surface area contributed by atoms with Gasteiger partial charge in [0.2, 0.25) is 0 Å². The summed E-state index contributed by atoms with van der Waals surface area (Å²) >= 11 is 0. The van der Waals surface area contributed by atoms with E-state index in [1.54, 1.807) is 0 Å². The van der Waals surface area contributed by atoms with Crippen molar-refractivity contribution < 1.29 is 0 Å². The molecule has 3 heterocycles. The molecule has 0 unspecified atom stereocenters. The van der Waals surface area contributed by atoms with Crippen molar-refractivity contribution in [1.82, 2.24) is 19.6 Å². The lowest BCUT2D eigenvalue weighted by Gasteiger charge is -2.06. The topological polar surface area (TPSA) is 43.1 Å². The minimum atomic E-state index is 0.844. The Kier molecular flexibility index (Phi) is 3.07. The number of rotatable bonds is 2. The van der Waals surface area contributed by atoms with E-state index in [2.05, 4.69) is 39.3 Å². The Labute approximate surface area is 144 Å². The van der Waals surface area contributed by atoms with Crippen molar-refractivity contribution in [3.63, 3.8) is 0 Å². The van der Waals surface area contributed by atoms with Crippen molar-refractivity contribution in [3.05, 3.63) is 85.3 Å². The monoisotopic (exact) mass is 322 g/mol. The summed E-state index contributed by atoms with van der Waals surface area (Å²) in [5.74, 6) is 0. The fraction of sp³-hybridized carbons (Fsp3) is 0. The second-order valence-corrected chi connectivity index (χ2v) is 5.91. The fourth-order valence-corrected chi connectivity index (χ4v) is 3.14. The summed E-state index contributed by atoms with van der Waals surface area (Å²) in [5.41, 5.74) is 5.97. The van der Waals surface area contributed by atoms with Crippen LogP contribution in [0.3, 0.4) is 0 Å². The second kappa shape index (κ2) is 5.53. The molecule has 118 valence electrons. The molecule has 0 aliphatic rings. The smallest absolute Gasteiger partial charge is 0.163 e. The Morgan fingerprint density at radius 2 is 1.56 bits per heavy atom. The Balaban J connectivity index is 1.72. The average molecular weight is 322 g/mol. The van der Waals surface area contributed by atoms with Crippen LogP contribution in [-0.4, -0.2) is 19.6 Å². The molecule has 0 atom stereocenters. The second-order valence-electron chi connectivity index (χ2n) is 5.91. The minimum absolute atomic E-state index is 0.844. The van der Waals surface area contributed by atoms with Crippen LogP contribution in [0.5, 0.6) is 0 Å². The summed E-state index contributed by atoms with van der Waals surface area (Å²) in [7, 11) is 0. The molecule has 5 aromatic rings. The van der Waals surface area contributed by atoms with E-state index in [9.17, 15) is 0 Å². The first-order chi connectivity index (χ1) is 12.4. The number of benzene rings is 2. The molecule has 0 N–H and O–H groups in total. The van der Waals surface area contributed by atoms with Gasteiger partial charge in [0, 0.05) is 28.9 Å². The van der Waals surface area contributed by atoms with Gasteiger partial charge < -0.3 is 0 Å². The quantitative estimate of drug-likeness (QED) is 0.476. The third-order valence-electron chi connectivity index (χ3n) is 4.37. The lowest BCUT2D eigenvalue weighted by molar-refractivity contribution is 0.947. The van der Waals surface area contributed by atoms with E-state index in [0.717, 1.165) is 38.9 Å². The summed E-state index contributed by atoms with van der Waals surface area (Å²) in [5, 5.41) is 5.69. The van der Waals surface area contributed by atoms with Gasteiger partial charge in [0.1, 0.15) is 0 Å². The van der Waals surface area contributed by atoms with Crippen molar-refractivity contribution >= 4 is 16.6 Å². The molecular weight excluding hydrogens is 308 g/mol.